The largest absolute Gasteiger partial charge is 0.461 e. The molecule has 3 fully saturated rings. The van der Waals surface area contributed by atoms with Crippen LogP contribution >= 0.6 is 0 Å². The molecule has 2 bridgehead atoms. The zero-order valence-corrected chi connectivity index (χ0v) is 10.9. The minimum absolute atomic E-state index is 0.00915. The summed E-state index contributed by atoms with van der Waals surface area (Å²) in [5.74, 6) is 1.39. The highest BCUT2D eigenvalue weighted by atomic mass is 16.6. The lowest BCUT2D eigenvalue weighted by atomic mass is 9.79. The van der Waals surface area contributed by atoms with Crippen molar-refractivity contribution in [2.45, 2.75) is 32.3 Å². The molecular weight excluding hydrogens is 224 g/mol. The molecule has 18 heavy (non-hydrogen) atoms. The minimum atomic E-state index is 0.00915. The molecule has 0 aromatic rings. The van der Waals surface area contributed by atoms with E-state index in [0.717, 1.165) is 30.4 Å². The van der Waals surface area contributed by atoms with Gasteiger partial charge in [-0.3, -0.25) is 4.79 Å². The number of allylic oxidation sites excluding steroid dienone is 2. The van der Waals surface area contributed by atoms with Crippen LogP contribution in [-0.4, -0.2) is 12.1 Å². The molecule has 2 aliphatic carbocycles. The maximum absolute atomic E-state index is 11.7. The van der Waals surface area contributed by atoms with Gasteiger partial charge < -0.3 is 4.74 Å². The van der Waals surface area contributed by atoms with E-state index >= 15 is 0 Å². The summed E-state index contributed by atoms with van der Waals surface area (Å²) in [4.78, 5) is 11.7. The number of hydrogen-bond donors (Lipinski definition) is 0. The van der Waals surface area contributed by atoms with Crippen molar-refractivity contribution in [2.75, 3.05) is 0 Å². The third-order valence-electron chi connectivity index (χ3n) is 5.08. The number of hydrogen-bond acceptors (Lipinski definition) is 2. The normalized spacial score (nSPS) is 40.2. The molecular formula is C16H20O2. The van der Waals surface area contributed by atoms with Crippen LogP contribution in [0.15, 0.2) is 36.5 Å². The van der Waals surface area contributed by atoms with Crippen LogP contribution in [0.5, 0.6) is 0 Å². The lowest BCUT2D eigenvalue weighted by Gasteiger charge is -2.25. The highest BCUT2D eigenvalue weighted by Crippen LogP contribution is 2.61. The molecule has 0 radical (unpaired) electrons. The van der Waals surface area contributed by atoms with Gasteiger partial charge in [0.05, 0.1) is 5.92 Å². The van der Waals surface area contributed by atoms with E-state index in [2.05, 4.69) is 19.7 Å². The van der Waals surface area contributed by atoms with Crippen molar-refractivity contribution in [3.05, 3.63) is 36.5 Å². The van der Waals surface area contributed by atoms with Gasteiger partial charge in [0.2, 0.25) is 0 Å². The molecule has 5 unspecified atom stereocenters. The quantitative estimate of drug-likeness (QED) is 0.431. The zero-order chi connectivity index (χ0) is 13.0. The molecule has 2 nitrogen and oxygen atoms in total. The van der Waals surface area contributed by atoms with Crippen LogP contribution in [0, 0.1) is 23.7 Å². The van der Waals surface area contributed by atoms with Crippen molar-refractivity contribution in [3.8, 4) is 0 Å². The van der Waals surface area contributed by atoms with Gasteiger partial charge in [-0.05, 0) is 32.1 Å². The lowest BCUT2D eigenvalue weighted by Crippen LogP contribution is -2.26. The Labute approximate surface area is 108 Å². The van der Waals surface area contributed by atoms with E-state index in [-0.39, 0.29) is 18.0 Å². The third kappa shape index (κ3) is 1.44. The van der Waals surface area contributed by atoms with Gasteiger partial charge in [-0.1, -0.05) is 36.5 Å². The summed E-state index contributed by atoms with van der Waals surface area (Å²) in [5, 5.41) is 0. The third-order valence-corrected chi connectivity index (χ3v) is 5.08. The Hall–Kier alpha value is -1.31. The average molecular weight is 244 g/mol. The van der Waals surface area contributed by atoms with Gasteiger partial charge >= 0.3 is 5.97 Å². The van der Waals surface area contributed by atoms with Gasteiger partial charge in [0.25, 0.3) is 0 Å². The van der Waals surface area contributed by atoms with E-state index in [9.17, 15) is 4.79 Å². The van der Waals surface area contributed by atoms with Crippen molar-refractivity contribution in [1.29, 1.82) is 0 Å². The van der Waals surface area contributed by atoms with Crippen LogP contribution in [0.1, 0.15) is 26.2 Å². The van der Waals surface area contributed by atoms with Crippen molar-refractivity contribution in [3.63, 3.8) is 0 Å². The highest BCUT2D eigenvalue weighted by molar-refractivity contribution is 5.78. The highest BCUT2D eigenvalue weighted by Gasteiger charge is 2.63. The van der Waals surface area contributed by atoms with Crippen LogP contribution in [0.4, 0.5) is 0 Å². The Balaban J connectivity index is 1.72. The Bertz CT molecular complexity index is 460. The van der Waals surface area contributed by atoms with E-state index in [1.54, 1.807) is 0 Å². The van der Waals surface area contributed by atoms with Crippen molar-refractivity contribution in [2.24, 2.45) is 23.7 Å². The van der Waals surface area contributed by atoms with Gasteiger partial charge in [-0.25, -0.2) is 0 Å². The first-order valence-electron chi connectivity index (χ1n) is 6.73. The number of carbonyl (C=O) groups excluding carboxylic acids is 1. The second kappa shape index (κ2) is 3.84. The molecule has 0 aromatic carbocycles. The van der Waals surface area contributed by atoms with Gasteiger partial charge in [0.15, 0.2) is 0 Å². The zero-order valence-electron chi connectivity index (χ0n) is 10.9. The molecule has 3 aliphatic rings. The molecule has 1 saturated heterocycles. The van der Waals surface area contributed by atoms with E-state index in [0.29, 0.717) is 17.8 Å². The van der Waals surface area contributed by atoms with Crippen LogP contribution in [-0.2, 0) is 9.53 Å². The van der Waals surface area contributed by atoms with Gasteiger partial charge in [-0.2, -0.15) is 0 Å². The fourth-order valence-electron chi connectivity index (χ4n) is 4.01. The van der Waals surface area contributed by atoms with Gasteiger partial charge in [-0.15, -0.1) is 0 Å². The Kier molecular flexibility index (Phi) is 2.51. The van der Waals surface area contributed by atoms with Crippen molar-refractivity contribution in [1.82, 2.24) is 0 Å². The number of rotatable bonds is 4. The first-order chi connectivity index (χ1) is 8.50. The second-order valence-electron chi connectivity index (χ2n) is 6.04. The minimum Gasteiger partial charge on any atom is -0.461 e. The maximum atomic E-state index is 11.7. The summed E-state index contributed by atoms with van der Waals surface area (Å²) in [7, 11) is 0. The molecule has 5 atom stereocenters. The predicted octanol–water partition coefficient (Wildman–Crippen LogP) is 3.26. The Morgan fingerprint density at radius 1 is 1.39 bits per heavy atom. The maximum Gasteiger partial charge on any atom is 0.310 e. The molecule has 0 amide bonds. The number of esters is 1. The molecule has 0 N–H and O–H groups in total. The summed E-state index contributed by atoms with van der Waals surface area (Å²) in [6.45, 7) is 14.2. The van der Waals surface area contributed by atoms with Crippen LogP contribution in [0.25, 0.3) is 0 Å². The average Bonchev–Trinajstić information content (AvgIpc) is 2.85. The molecule has 1 heterocycles. The molecule has 3 rings (SSSR count). The summed E-state index contributed by atoms with van der Waals surface area (Å²) in [6, 6.07) is 0. The first kappa shape index (κ1) is 11.8. The number of carbonyl (C=O) groups is 1. The predicted molar refractivity (Wildman–Crippen MR) is 70.8 cm³/mol. The molecule has 96 valence electrons. The SMILES string of the molecule is C=C(C)C(=C)CCC1C2CC3C(=O)OC1C3C2=C. The summed E-state index contributed by atoms with van der Waals surface area (Å²) in [6.07, 6.45) is 3.06. The fourth-order valence-corrected chi connectivity index (χ4v) is 4.01. The molecule has 0 spiro atoms. The number of fused-ring (bicyclic) bond motifs is 1. The smallest absolute Gasteiger partial charge is 0.310 e. The summed E-state index contributed by atoms with van der Waals surface area (Å²) in [5.41, 5.74) is 3.43. The van der Waals surface area contributed by atoms with E-state index in [4.69, 9.17) is 4.74 Å². The van der Waals surface area contributed by atoms with Crippen LogP contribution < -0.4 is 0 Å². The standard InChI is InChI=1S/C16H20O2/c1-8(2)9(3)5-6-11-12-7-13-14(10(12)4)15(11)18-16(13)17/h11-15H,1,3-7H2,2H3. The molecule has 0 aromatic heterocycles. The Morgan fingerprint density at radius 3 is 2.78 bits per heavy atom. The van der Waals surface area contributed by atoms with E-state index < -0.39 is 0 Å². The van der Waals surface area contributed by atoms with Gasteiger partial charge in [0.1, 0.15) is 6.10 Å². The van der Waals surface area contributed by atoms with E-state index in [1.807, 2.05) is 6.92 Å². The Morgan fingerprint density at radius 2 is 2.11 bits per heavy atom. The molecule has 2 saturated carbocycles. The second-order valence-corrected chi connectivity index (χ2v) is 6.04. The molecule has 1 aliphatic heterocycles. The van der Waals surface area contributed by atoms with Crippen molar-refractivity contribution < 1.29 is 9.53 Å². The van der Waals surface area contributed by atoms with Crippen molar-refractivity contribution >= 4 is 5.97 Å². The topological polar surface area (TPSA) is 26.3 Å². The molecule has 2 heteroatoms. The van der Waals surface area contributed by atoms with Crippen LogP contribution in [0.2, 0.25) is 0 Å². The first-order valence-corrected chi connectivity index (χ1v) is 6.73. The monoisotopic (exact) mass is 244 g/mol. The fraction of sp³-hybridized carbons (Fsp3) is 0.562. The number of ether oxygens (including phenoxy) is 1. The van der Waals surface area contributed by atoms with E-state index in [1.165, 1.54) is 5.57 Å². The van der Waals surface area contributed by atoms with Crippen LogP contribution in [0.3, 0.4) is 0 Å². The summed E-state index contributed by atoms with van der Waals surface area (Å²) < 4.78 is 5.56. The lowest BCUT2D eigenvalue weighted by molar-refractivity contribution is -0.144. The summed E-state index contributed by atoms with van der Waals surface area (Å²) >= 11 is 0. The van der Waals surface area contributed by atoms with Gasteiger partial charge in [0, 0.05) is 11.8 Å².